The Morgan fingerprint density at radius 1 is 0.893 bits per heavy atom. The van der Waals surface area contributed by atoms with E-state index in [-0.39, 0.29) is 18.2 Å². The van der Waals surface area contributed by atoms with E-state index < -0.39 is 5.97 Å². The van der Waals surface area contributed by atoms with Crippen LogP contribution in [0.3, 0.4) is 0 Å². The molecule has 0 N–H and O–H groups in total. The molecule has 0 aliphatic carbocycles. The first-order valence-electron chi connectivity index (χ1n) is 9.01. The first-order valence-corrected chi connectivity index (χ1v) is 9.01. The topological polar surface area (TPSA) is 72.4 Å². The molecule has 6 heteroatoms. The summed E-state index contributed by atoms with van der Waals surface area (Å²) in [5.74, 6) is -0.916. The second-order valence-electron chi connectivity index (χ2n) is 6.20. The highest BCUT2D eigenvalue weighted by atomic mass is 16.5. The minimum absolute atomic E-state index is 0.0780. The van der Waals surface area contributed by atoms with Crippen LogP contribution in [0, 0.1) is 0 Å². The van der Waals surface area contributed by atoms with E-state index in [0.29, 0.717) is 13.1 Å². The number of aromatic nitrogens is 2. The highest BCUT2D eigenvalue weighted by Gasteiger charge is 2.17. The minimum Gasteiger partial charge on any atom is -0.451 e. The fourth-order valence-electron chi connectivity index (χ4n) is 2.70. The van der Waals surface area contributed by atoms with E-state index in [1.807, 2.05) is 60.7 Å². The molecule has 2 aromatic carbocycles. The summed E-state index contributed by atoms with van der Waals surface area (Å²) >= 11 is 0. The zero-order valence-corrected chi connectivity index (χ0v) is 15.4. The Labute approximate surface area is 163 Å². The number of ether oxygens (including phenoxy) is 1. The molecular weight excluding hydrogens is 354 g/mol. The van der Waals surface area contributed by atoms with Gasteiger partial charge in [-0.3, -0.25) is 9.78 Å². The first kappa shape index (κ1) is 19.2. The fraction of sp³-hybridized carbons (Fsp3) is 0.182. The van der Waals surface area contributed by atoms with Gasteiger partial charge in [0, 0.05) is 25.5 Å². The fourth-order valence-corrected chi connectivity index (χ4v) is 2.70. The molecule has 0 unspecified atom stereocenters. The number of hydrogen-bond donors (Lipinski definition) is 0. The van der Waals surface area contributed by atoms with Gasteiger partial charge in [-0.15, -0.1) is 0 Å². The van der Waals surface area contributed by atoms with Crippen molar-refractivity contribution in [2.75, 3.05) is 13.2 Å². The number of carbonyl (C=O) groups is 2. The zero-order valence-electron chi connectivity index (χ0n) is 15.4. The summed E-state index contributed by atoms with van der Waals surface area (Å²) in [6, 6.07) is 19.7. The first-order chi connectivity index (χ1) is 13.7. The third-order valence-corrected chi connectivity index (χ3v) is 4.18. The van der Waals surface area contributed by atoms with Gasteiger partial charge in [-0.1, -0.05) is 60.7 Å². The van der Waals surface area contributed by atoms with Gasteiger partial charge in [0.25, 0.3) is 5.91 Å². The van der Waals surface area contributed by atoms with Crippen LogP contribution in [0.2, 0.25) is 0 Å². The second kappa shape index (κ2) is 9.97. The van der Waals surface area contributed by atoms with Crippen molar-refractivity contribution in [1.29, 1.82) is 0 Å². The third-order valence-electron chi connectivity index (χ3n) is 4.18. The maximum Gasteiger partial charge on any atom is 0.359 e. The molecule has 0 spiro atoms. The number of amides is 1. The van der Waals surface area contributed by atoms with Crippen LogP contribution in [0.15, 0.2) is 79.3 Å². The van der Waals surface area contributed by atoms with E-state index in [4.69, 9.17) is 4.74 Å². The van der Waals surface area contributed by atoms with Gasteiger partial charge in [0.1, 0.15) is 0 Å². The molecule has 142 valence electrons. The Morgan fingerprint density at radius 2 is 1.57 bits per heavy atom. The molecule has 0 saturated heterocycles. The molecule has 0 radical (unpaired) electrons. The Morgan fingerprint density at radius 3 is 2.21 bits per heavy atom. The molecule has 3 aromatic rings. The summed E-state index contributed by atoms with van der Waals surface area (Å²) in [6.45, 7) is 0.646. The summed E-state index contributed by atoms with van der Waals surface area (Å²) < 4.78 is 5.13. The van der Waals surface area contributed by atoms with Gasteiger partial charge >= 0.3 is 5.97 Å². The van der Waals surface area contributed by atoms with Crippen LogP contribution in [0.1, 0.15) is 21.6 Å². The molecule has 0 saturated carbocycles. The van der Waals surface area contributed by atoms with E-state index >= 15 is 0 Å². The summed E-state index contributed by atoms with van der Waals surface area (Å²) in [5, 5.41) is 0. The van der Waals surface area contributed by atoms with Crippen molar-refractivity contribution in [3.63, 3.8) is 0 Å². The average Bonchev–Trinajstić information content (AvgIpc) is 2.76. The van der Waals surface area contributed by atoms with Crippen LogP contribution in [-0.4, -0.2) is 39.9 Å². The molecule has 3 rings (SSSR count). The number of hydrogen-bond acceptors (Lipinski definition) is 5. The molecule has 1 heterocycles. The van der Waals surface area contributed by atoms with Crippen molar-refractivity contribution in [3.8, 4) is 0 Å². The van der Waals surface area contributed by atoms with Crippen LogP contribution in [0.25, 0.3) is 0 Å². The van der Waals surface area contributed by atoms with Crippen molar-refractivity contribution in [1.82, 2.24) is 14.9 Å². The molecule has 1 amide bonds. The van der Waals surface area contributed by atoms with Gasteiger partial charge in [-0.05, 0) is 17.5 Å². The Kier molecular flexibility index (Phi) is 6.84. The lowest BCUT2D eigenvalue weighted by molar-refractivity contribution is -0.135. The zero-order chi connectivity index (χ0) is 19.6. The lowest BCUT2D eigenvalue weighted by atomic mass is 10.1. The predicted octanol–water partition coefficient (Wildman–Crippen LogP) is 2.90. The third kappa shape index (κ3) is 5.74. The highest BCUT2D eigenvalue weighted by Crippen LogP contribution is 2.08. The van der Waals surface area contributed by atoms with Crippen molar-refractivity contribution in [3.05, 3.63) is 96.1 Å². The van der Waals surface area contributed by atoms with Crippen molar-refractivity contribution < 1.29 is 14.3 Å². The Hall–Kier alpha value is -3.54. The van der Waals surface area contributed by atoms with Crippen molar-refractivity contribution in [2.24, 2.45) is 0 Å². The van der Waals surface area contributed by atoms with E-state index in [9.17, 15) is 9.59 Å². The SMILES string of the molecule is O=C(OCC(=O)N(CCc1ccccc1)Cc1ccccc1)c1cnccn1. The van der Waals surface area contributed by atoms with Crippen LogP contribution in [-0.2, 0) is 22.5 Å². The van der Waals surface area contributed by atoms with Crippen molar-refractivity contribution in [2.45, 2.75) is 13.0 Å². The van der Waals surface area contributed by atoms with Gasteiger partial charge in [0.05, 0.1) is 6.20 Å². The Bertz CT molecular complexity index is 887. The molecule has 0 bridgehead atoms. The van der Waals surface area contributed by atoms with Crippen LogP contribution in [0.5, 0.6) is 0 Å². The predicted molar refractivity (Wildman–Crippen MR) is 104 cm³/mol. The van der Waals surface area contributed by atoms with Crippen LogP contribution >= 0.6 is 0 Å². The summed E-state index contributed by atoms with van der Waals surface area (Å²) in [7, 11) is 0. The van der Waals surface area contributed by atoms with Gasteiger partial charge in [-0.25, -0.2) is 9.78 Å². The van der Waals surface area contributed by atoms with Crippen molar-refractivity contribution >= 4 is 11.9 Å². The summed E-state index contributed by atoms with van der Waals surface area (Å²) in [6.07, 6.45) is 4.90. The number of nitrogens with zero attached hydrogens (tertiary/aromatic N) is 3. The molecule has 0 aliphatic heterocycles. The number of esters is 1. The molecule has 1 aromatic heterocycles. The van der Waals surface area contributed by atoms with Gasteiger partial charge in [0.2, 0.25) is 0 Å². The van der Waals surface area contributed by atoms with E-state index in [2.05, 4.69) is 9.97 Å². The quantitative estimate of drug-likeness (QED) is 0.566. The second-order valence-corrected chi connectivity index (χ2v) is 6.20. The number of benzene rings is 2. The summed E-state index contributed by atoms with van der Waals surface area (Å²) in [4.78, 5) is 34.1. The molecule has 28 heavy (non-hydrogen) atoms. The normalized spacial score (nSPS) is 10.3. The minimum atomic E-state index is -0.663. The maximum absolute atomic E-state index is 12.7. The molecule has 6 nitrogen and oxygen atoms in total. The standard InChI is InChI=1S/C22H21N3O3/c26-21(17-28-22(27)20-15-23-12-13-24-20)25(16-19-9-5-2-6-10-19)14-11-18-7-3-1-4-8-18/h1-10,12-13,15H,11,14,16-17H2. The van der Waals surface area contributed by atoms with E-state index in [1.165, 1.54) is 18.6 Å². The van der Waals surface area contributed by atoms with Crippen LogP contribution in [0.4, 0.5) is 0 Å². The smallest absolute Gasteiger partial charge is 0.359 e. The van der Waals surface area contributed by atoms with E-state index in [0.717, 1.165) is 17.5 Å². The summed E-state index contributed by atoms with van der Waals surface area (Å²) in [5.41, 5.74) is 2.24. The van der Waals surface area contributed by atoms with Gasteiger partial charge in [0.15, 0.2) is 12.3 Å². The lowest BCUT2D eigenvalue weighted by Crippen LogP contribution is -2.36. The lowest BCUT2D eigenvalue weighted by Gasteiger charge is -2.23. The molecular formula is C22H21N3O3. The van der Waals surface area contributed by atoms with Gasteiger partial charge in [-0.2, -0.15) is 0 Å². The molecule has 0 fully saturated rings. The monoisotopic (exact) mass is 375 g/mol. The Balaban J connectivity index is 1.62. The van der Waals surface area contributed by atoms with Crippen LogP contribution < -0.4 is 0 Å². The largest absolute Gasteiger partial charge is 0.451 e. The van der Waals surface area contributed by atoms with Gasteiger partial charge < -0.3 is 9.64 Å². The van der Waals surface area contributed by atoms with E-state index in [1.54, 1.807) is 4.90 Å². The average molecular weight is 375 g/mol. The maximum atomic E-state index is 12.7. The number of carbonyl (C=O) groups excluding carboxylic acids is 2. The number of rotatable bonds is 8. The highest BCUT2D eigenvalue weighted by molar-refractivity contribution is 5.89. The molecule has 0 atom stereocenters. The molecule has 0 aliphatic rings.